The van der Waals surface area contributed by atoms with Crippen LogP contribution in [0.25, 0.3) is 0 Å². The Hall–Kier alpha value is -1.46. The summed E-state index contributed by atoms with van der Waals surface area (Å²) in [6, 6.07) is -1.54. The van der Waals surface area contributed by atoms with Gasteiger partial charge in [0, 0.05) is 24.3 Å². The molecule has 0 bridgehead atoms. The second-order valence-corrected chi connectivity index (χ2v) is 14.5. The monoisotopic (exact) mass is 676 g/mol. The highest BCUT2D eigenvalue weighted by atomic mass is 33.1. The molecule has 45 heavy (non-hydrogen) atoms. The zero-order valence-corrected chi connectivity index (χ0v) is 30.4. The van der Waals surface area contributed by atoms with E-state index in [4.69, 9.17) is 9.47 Å². The Morgan fingerprint density at radius 1 is 0.533 bits per heavy atom. The van der Waals surface area contributed by atoms with Crippen LogP contribution in [0.2, 0.25) is 0 Å². The summed E-state index contributed by atoms with van der Waals surface area (Å²) in [5.74, 6) is -0.732. The number of carbonyl (C=O) groups excluding carboxylic acids is 4. The number of hydrogen-bond donors (Lipinski definition) is 3. The van der Waals surface area contributed by atoms with Gasteiger partial charge >= 0.3 is 11.9 Å². The van der Waals surface area contributed by atoms with Crippen molar-refractivity contribution >= 4 is 45.3 Å². The number of methoxy groups -OCH3 is 2. The lowest BCUT2D eigenvalue weighted by atomic mass is 10.1. The molecular weight excluding hydrogens is 611 g/mol. The van der Waals surface area contributed by atoms with E-state index in [1.807, 2.05) is 0 Å². The van der Waals surface area contributed by atoms with Gasteiger partial charge in [0.1, 0.15) is 12.1 Å². The van der Waals surface area contributed by atoms with E-state index in [-0.39, 0.29) is 17.6 Å². The van der Waals surface area contributed by atoms with Crippen LogP contribution in [0.4, 0.5) is 0 Å². The molecule has 2 unspecified atom stereocenters. The van der Waals surface area contributed by atoms with E-state index in [0.29, 0.717) is 18.6 Å². The summed E-state index contributed by atoms with van der Waals surface area (Å²) in [5.41, 5.74) is 3.88. The maximum atomic E-state index is 12.5. The Bertz CT molecular complexity index is 759. The molecule has 2 atom stereocenters. The molecule has 0 heterocycles. The molecule has 0 aliphatic rings. The first-order chi connectivity index (χ1) is 21.9. The molecule has 0 radical (unpaired) electrons. The largest absolute Gasteiger partial charge is 0.467 e. The van der Waals surface area contributed by atoms with Gasteiger partial charge in [-0.2, -0.15) is 0 Å². The molecule has 9 nitrogen and oxygen atoms in total. The fourth-order valence-corrected chi connectivity index (χ4v) is 7.33. The van der Waals surface area contributed by atoms with Crippen LogP contribution in [0, 0.1) is 0 Å². The highest BCUT2D eigenvalue weighted by molar-refractivity contribution is 8.76. The number of hydrogen-bond acceptors (Lipinski definition) is 8. The Labute approximate surface area is 282 Å². The van der Waals surface area contributed by atoms with Crippen LogP contribution in [-0.2, 0) is 28.7 Å². The van der Waals surface area contributed by atoms with Crippen molar-refractivity contribution < 1.29 is 34.4 Å². The summed E-state index contributed by atoms with van der Waals surface area (Å²) in [5, 5.41) is 5.59. The van der Waals surface area contributed by atoms with Crippen LogP contribution >= 0.6 is 21.6 Å². The topological polar surface area (TPSA) is 138 Å². The van der Waals surface area contributed by atoms with Crippen molar-refractivity contribution in [3.05, 3.63) is 0 Å². The van der Waals surface area contributed by atoms with E-state index in [2.05, 4.69) is 23.3 Å². The summed E-state index contributed by atoms with van der Waals surface area (Å²) in [6.45, 7) is 3.26. The fraction of sp³-hybridized carbons (Fsp3) is 0.882. The lowest BCUT2D eigenvalue weighted by Gasteiger charge is -2.18. The third-order valence-corrected chi connectivity index (χ3v) is 10.3. The zero-order chi connectivity index (χ0) is 33.4. The number of ether oxygens (including phenoxy) is 2. The predicted molar refractivity (Wildman–Crippen MR) is 188 cm³/mol. The molecule has 0 aromatic rings. The van der Waals surface area contributed by atoms with Gasteiger partial charge in [0.15, 0.2) is 0 Å². The Balaban J connectivity index is 4.23. The summed E-state index contributed by atoms with van der Waals surface area (Å²) >= 11 is 0. The van der Waals surface area contributed by atoms with Gasteiger partial charge in [-0.25, -0.2) is 9.59 Å². The van der Waals surface area contributed by atoms with E-state index in [0.717, 1.165) is 45.1 Å². The average Bonchev–Trinajstić information content (AvgIpc) is 3.04. The van der Waals surface area contributed by atoms with E-state index in [9.17, 15) is 19.2 Å². The van der Waals surface area contributed by atoms with Crippen molar-refractivity contribution in [2.24, 2.45) is 0 Å². The van der Waals surface area contributed by atoms with Crippen LogP contribution in [-0.4, -0.2) is 68.1 Å². The first kappa shape index (κ1) is 43.5. The van der Waals surface area contributed by atoms with Crippen molar-refractivity contribution in [1.29, 1.82) is 0 Å². The number of amides is 2. The predicted octanol–water partition coefficient (Wildman–Crippen LogP) is 6.53. The number of unbranched alkanes of at least 4 members (excludes halogenated alkanes) is 18. The van der Waals surface area contributed by atoms with E-state index in [1.54, 1.807) is 0 Å². The van der Waals surface area contributed by atoms with Gasteiger partial charge in [-0.3, -0.25) is 9.59 Å². The van der Waals surface area contributed by atoms with Gasteiger partial charge in [-0.1, -0.05) is 131 Å². The minimum absolute atomic E-state index is 0.157. The van der Waals surface area contributed by atoms with Crippen LogP contribution in [0.15, 0.2) is 0 Å². The fourth-order valence-electron chi connectivity index (χ4n) is 5.04. The molecule has 0 saturated heterocycles. The zero-order valence-electron chi connectivity index (χ0n) is 28.8. The third-order valence-electron chi connectivity index (χ3n) is 7.86. The van der Waals surface area contributed by atoms with Crippen LogP contribution in [0.5, 0.6) is 0 Å². The van der Waals surface area contributed by atoms with Gasteiger partial charge in [0.25, 0.3) is 0 Å². The van der Waals surface area contributed by atoms with Crippen LogP contribution < -0.4 is 16.4 Å². The molecule has 0 fully saturated rings. The van der Waals surface area contributed by atoms with Crippen molar-refractivity contribution in [3.63, 3.8) is 0 Å². The van der Waals surface area contributed by atoms with Gasteiger partial charge in [0.2, 0.25) is 11.8 Å². The molecule has 264 valence electrons. The van der Waals surface area contributed by atoms with Crippen LogP contribution in [0.3, 0.4) is 0 Å². The average molecular weight is 677 g/mol. The maximum Gasteiger partial charge on any atom is 0.329 e. The van der Waals surface area contributed by atoms with Crippen molar-refractivity contribution in [2.45, 2.75) is 160 Å². The Kier molecular flexibility index (Phi) is 31.4. The standard InChI is InChI=1S/C34H65N3O6S2/c1-4-5-6-7-8-9-12-15-18-21-24-31(38)36-29(33(40)42-2)27-44-45-28-30(34(41)43-3)37-32(39)25-22-19-16-13-10-11-14-17-20-23-26-35/h29-30H,4-28,35H2,1-3H3,(H,36,38)(H,37,39)/p+1. The lowest BCUT2D eigenvalue weighted by molar-refractivity contribution is -0.368. The van der Waals surface area contributed by atoms with E-state index >= 15 is 0 Å². The Morgan fingerprint density at radius 2 is 0.844 bits per heavy atom. The molecule has 5 N–H and O–H groups in total. The van der Waals surface area contributed by atoms with E-state index in [1.165, 1.54) is 126 Å². The quantitative estimate of drug-likeness (QED) is 0.0416. The second-order valence-electron chi connectivity index (χ2n) is 11.9. The molecule has 11 heteroatoms. The number of esters is 2. The lowest BCUT2D eigenvalue weighted by Crippen LogP contribution is -2.50. The normalized spacial score (nSPS) is 12.4. The van der Waals surface area contributed by atoms with Crippen molar-refractivity contribution in [2.75, 3.05) is 32.3 Å². The highest BCUT2D eigenvalue weighted by Gasteiger charge is 2.24. The van der Waals surface area contributed by atoms with Gasteiger partial charge in [-0.15, -0.1) is 0 Å². The highest BCUT2D eigenvalue weighted by Crippen LogP contribution is 2.24. The second kappa shape index (κ2) is 32.5. The molecular formula is C34H66N3O6S2+. The number of rotatable bonds is 32. The molecule has 0 aliphatic heterocycles. The van der Waals surface area contributed by atoms with Gasteiger partial charge < -0.3 is 25.8 Å². The first-order valence-electron chi connectivity index (χ1n) is 17.7. The SMILES string of the molecule is CCCCCCCCCCCCC(=O)NC(CSSCC(NC(=O)CCCCCCCCCCCC[NH3+])C(=O)OC)C(=O)OC. The molecule has 0 aromatic carbocycles. The minimum atomic E-state index is -0.772. The summed E-state index contributed by atoms with van der Waals surface area (Å²) in [4.78, 5) is 49.5. The molecule has 0 saturated carbocycles. The molecule has 0 aliphatic carbocycles. The molecule has 2 amide bonds. The van der Waals surface area contributed by atoms with Crippen molar-refractivity contribution in [1.82, 2.24) is 10.6 Å². The molecule has 0 spiro atoms. The number of nitrogens with one attached hydrogen (secondary N) is 2. The first-order valence-corrected chi connectivity index (χ1v) is 20.2. The molecule has 0 aromatic heterocycles. The summed E-state index contributed by atoms with van der Waals surface area (Å²) < 4.78 is 9.78. The number of carbonyl (C=O) groups is 4. The minimum Gasteiger partial charge on any atom is -0.467 e. The smallest absolute Gasteiger partial charge is 0.329 e. The van der Waals surface area contributed by atoms with Crippen molar-refractivity contribution in [3.8, 4) is 0 Å². The van der Waals surface area contributed by atoms with Gasteiger partial charge in [-0.05, 0) is 25.7 Å². The maximum absolute atomic E-state index is 12.5. The van der Waals surface area contributed by atoms with Crippen LogP contribution in [0.1, 0.15) is 148 Å². The summed E-state index contributed by atoms with van der Waals surface area (Å²) in [7, 11) is 5.31. The van der Waals surface area contributed by atoms with E-state index < -0.39 is 24.0 Å². The third kappa shape index (κ3) is 27.4. The molecule has 0 rings (SSSR count). The van der Waals surface area contributed by atoms with Gasteiger partial charge in [0.05, 0.1) is 20.8 Å². The summed E-state index contributed by atoms with van der Waals surface area (Å²) in [6.07, 6.45) is 24.5. The number of quaternary nitrogens is 1. The Morgan fingerprint density at radius 3 is 1.16 bits per heavy atom.